The third-order valence-electron chi connectivity index (χ3n) is 3.37. The van der Waals surface area contributed by atoms with Gasteiger partial charge in [-0.1, -0.05) is 59.9 Å². The summed E-state index contributed by atoms with van der Waals surface area (Å²) in [6.45, 7) is 3.85. The zero-order valence-corrected chi connectivity index (χ0v) is 16.4. The Morgan fingerprint density at radius 3 is 2.42 bits per heavy atom. The van der Waals surface area contributed by atoms with Gasteiger partial charge in [0, 0.05) is 21.0 Å². The topological polar surface area (TPSA) is 63.3 Å². The van der Waals surface area contributed by atoms with E-state index in [1.165, 1.54) is 6.08 Å². The first-order valence-corrected chi connectivity index (χ1v) is 9.09. The van der Waals surface area contributed by atoms with Gasteiger partial charge < -0.3 is 10.8 Å². The van der Waals surface area contributed by atoms with Gasteiger partial charge in [0.1, 0.15) is 10.1 Å². The number of thioether (sulfide) groups is 1. The highest BCUT2D eigenvalue weighted by molar-refractivity contribution is 9.10. The van der Waals surface area contributed by atoms with E-state index in [0.717, 1.165) is 22.9 Å². The van der Waals surface area contributed by atoms with Crippen LogP contribution in [0.2, 0.25) is 0 Å². The first-order valence-electron chi connectivity index (χ1n) is 7.08. The Bertz CT molecular complexity index is 830. The Balaban J connectivity index is 2.45. The number of aryl methyl sites for hydroxylation is 2. The molecule has 6 heteroatoms. The average Bonchev–Trinajstić information content (AvgIpc) is 2.51. The molecule has 2 aromatic rings. The Morgan fingerprint density at radius 2 is 1.83 bits per heavy atom. The van der Waals surface area contributed by atoms with Crippen molar-refractivity contribution >= 4 is 55.8 Å². The third-order valence-corrected chi connectivity index (χ3v) is 5.40. The van der Waals surface area contributed by atoms with Gasteiger partial charge >= 0.3 is 0 Å². The number of nitrogens with two attached hydrogens (primary N) is 1. The van der Waals surface area contributed by atoms with Gasteiger partial charge in [-0.15, -0.1) is 0 Å². The van der Waals surface area contributed by atoms with Crippen molar-refractivity contribution in [2.45, 2.75) is 18.7 Å². The van der Waals surface area contributed by atoms with E-state index >= 15 is 0 Å². The SMILES string of the molecule is Cc1ccc(C(O)=CC(=O)c2c(SC(N)=S)ccc(C)c2Br)cc1. The molecule has 0 unspecified atom stereocenters. The van der Waals surface area contributed by atoms with Crippen molar-refractivity contribution < 1.29 is 9.90 Å². The predicted octanol–water partition coefficient (Wildman–Crippen LogP) is 5.18. The minimum Gasteiger partial charge on any atom is -0.507 e. The molecule has 2 aromatic carbocycles. The molecule has 0 amide bonds. The van der Waals surface area contributed by atoms with E-state index in [-0.39, 0.29) is 15.9 Å². The summed E-state index contributed by atoms with van der Waals surface area (Å²) in [5.74, 6) is -0.401. The third kappa shape index (κ3) is 4.47. The molecule has 0 saturated heterocycles. The number of aliphatic hydroxyl groups is 1. The van der Waals surface area contributed by atoms with Crippen LogP contribution in [0.1, 0.15) is 27.0 Å². The molecule has 0 fully saturated rings. The molecule has 0 spiro atoms. The number of carbonyl (C=O) groups excluding carboxylic acids is 1. The lowest BCUT2D eigenvalue weighted by molar-refractivity contribution is 0.104. The lowest BCUT2D eigenvalue weighted by Crippen LogP contribution is -2.06. The zero-order valence-electron chi connectivity index (χ0n) is 13.2. The summed E-state index contributed by atoms with van der Waals surface area (Å²) in [7, 11) is 0. The minimum atomic E-state index is -0.317. The minimum absolute atomic E-state index is 0.0836. The molecule has 3 N–H and O–H groups in total. The summed E-state index contributed by atoms with van der Waals surface area (Å²) < 4.78 is 0.897. The van der Waals surface area contributed by atoms with Crippen molar-refractivity contribution in [3.8, 4) is 0 Å². The quantitative estimate of drug-likeness (QED) is 0.234. The molecule has 0 aliphatic heterocycles. The van der Waals surface area contributed by atoms with E-state index < -0.39 is 0 Å². The number of aliphatic hydroxyl groups excluding tert-OH is 1. The molecule has 3 nitrogen and oxygen atoms in total. The largest absolute Gasteiger partial charge is 0.507 e. The molecular formula is C18H16BrNO2S2. The van der Waals surface area contributed by atoms with E-state index in [9.17, 15) is 9.90 Å². The highest BCUT2D eigenvalue weighted by atomic mass is 79.9. The molecular weight excluding hydrogens is 406 g/mol. The average molecular weight is 422 g/mol. The van der Waals surface area contributed by atoms with Crippen molar-refractivity contribution in [1.29, 1.82) is 0 Å². The Morgan fingerprint density at radius 1 is 1.21 bits per heavy atom. The van der Waals surface area contributed by atoms with Crippen LogP contribution in [0.5, 0.6) is 0 Å². The molecule has 2 rings (SSSR count). The second-order valence-electron chi connectivity index (χ2n) is 5.25. The van der Waals surface area contributed by atoms with Crippen LogP contribution in [-0.2, 0) is 0 Å². The smallest absolute Gasteiger partial charge is 0.191 e. The number of hydrogen-bond acceptors (Lipinski definition) is 4. The van der Waals surface area contributed by atoms with Gasteiger partial charge in [0.15, 0.2) is 5.78 Å². The molecule has 0 aliphatic rings. The standard InChI is InChI=1S/C18H16BrNO2S2/c1-10-3-6-12(7-4-10)13(21)9-14(22)16-15(24-18(20)23)8-5-11(2)17(16)19/h3-9,21H,1-2H3,(H2,20,23). The van der Waals surface area contributed by atoms with E-state index in [2.05, 4.69) is 15.9 Å². The van der Waals surface area contributed by atoms with Crippen LogP contribution in [0.3, 0.4) is 0 Å². The molecule has 0 radical (unpaired) electrons. The maximum absolute atomic E-state index is 12.7. The van der Waals surface area contributed by atoms with Crippen LogP contribution in [0.15, 0.2) is 51.8 Å². The summed E-state index contributed by atoms with van der Waals surface area (Å²) in [6.07, 6.45) is 1.22. The van der Waals surface area contributed by atoms with E-state index in [1.807, 2.05) is 32.0 Å². The van der Waals surface area contributed by atoms with Crippen molar-refractivity contribution in [2.75, 3.05) is 0 Å². The fraction of sp³-hybridized carbons (Fsp3) is 0.111. The fourth-order valence-electron chi connectivity index (χ4n) is 2.09. The van der Waals surface area contributed by atoms with Crippen LogP contribution < -0.4 is 5.73 Å². The highest BCUT2D eigenvalue weighted by Gasteiger charge is 2.17. The van der Waals surface area contributed by atoms with Crippen LogP contribution in [0, 0.1) is 13.8 Å². The highest BCUT2D eigenvalue weighted by Crippen LogP contribution is 2.32. The number of halogens is 1. The van der Waals surface area contributed by atoms with Gasteiger partial charge in [-0.05, 0) is 41.4 Å². The predicted molar refractivity (Wildman–Crippen MR) is 108 cm³/mol. The van der Waals surface area contributed by atoms with Gasteiger partial charge in [0.25, 0.3) is 0 Å². The Labute approximate surface area is 159 Å². The lowest BCUT2D eigenvalue weighted by Gasteiger charge is -2.11. The van der Waals surface area contributed by atoms with Crippen LogP contribution in [-0.4, -0.2) is 15.2 Å². The summed E-state index contributed by atoms with van der Waals surface area (Å²) in [4.78, 5) is 13.4. The van der Waals surface area contributed by atoms with Crippen molar-refractivity contribution in [3.63, 3.8) is 0 Å². The van der Waals surface area contributed by atoms with Crippen molar-refractivity contribution in [1.82, 2.24) is 0 Å². The van der Waals surface area contributed by atoms with Gasteiger partial charge in [-0.3, -0.25) is 4.79 Å². The maximum atomic E-state index is 12.7. The normalized spacial score (nSPS) is 11.4. The number of thiocarbonyl (C=S) groups is 1. The molecule has 0 aromatic heterocycles. The maximum Gasteiger partial charge on any atom is 0.191 e. The van der Waals surface area contributed by atoms with E-state index in [0.29, 0.717) is 20.5 Å². The Hall–Kier alpha value is -1.63. The van der Waals surface area contributed by atoms with Crippen molar-refractivity contribution in [2.24, 2.45) is 5.73 Å². The number of allylic oxidation sites excluding steroid dienone is 1. The van der Waals surface area contributed by atoms with E-state index in [1.54, 1.807) is 18.2 Å². The zero-order chi connectivity index (χ0) is 17.9. The first-order chi connectivity index (χ1) is 11.3. The fourth-order valence-corrected chi connectivity index (χ4v) is 3.69. The van der Waals surface area contributed by atoms with Gasteiger partial charge in [-0.25, -0.2) is 0 Å². The molecule has 0 heterocycles. The van der Waals surface area contributed by atoms with Crippen LogP contribution in [0.25, 0.3) is 5.76 Å². The molecule has 0 atom stereocenters. The summed E-state index contributed by atoms with van der Waals surface area (Å²) in [5.41, 5.74) is 8.60. The van der Waals surface area contributed by atoms with Gasteiger partial charge in [-0.2, -0.15) is 0 Å². The Kier molecular flexibility index (Phi) is 6.21. The molecule has 0 saturated carbocycles. The molecule has 0 aliphatic carbocycles. The van der Waals surface area contributed by atoms with E-state index in [4.69, 9.17) is 18.0 Å². The van der Waals surface area contributed by atoms with Gasteiger partial charge in [0.2, 0.25) is 0 Å². The number of carbonyl (C=O) groups is 1. The number of ketones is 1. The molecule has 24 heavy (non-hydrogen) atoms. The molecule has 0 bridgehead atoms. The summed E-state index contributed by atoms with van der Waals surface area (Å²) in [6, 6.07) is 11.0. The first kappa shape index (κ1) is 18.7. The van der Waals surface area contributed by atoms with Crippen LogP contribution in [0.4, 0.5) is 0 Å². The lowest BCUT2D eigenvalue weighted by atomic mass is 10.0. The number of hydrogen-bond donors (Lipinski definition) is 2. The second-order valence-corrected chi connectivity index (χ2v) is 7.83. The molecule has 124 valence electrons. The second kappa shape index (κ2) is 7.96. The van der Waals surface area contributed by atoms with Gasteiger partial charge in [0.05, 0.1) is 5.56 Å². The summed E-state index contributed by atoms with van der Waals surface area (Å²) in [5, 5.41) is 10.2. The number of rotatable bonds is 4. The monoisotopic (exact) mass is 421 g/mol. The summed E-state index contributed by atoms with van der Waals surface area (Å²) >= 11 is 9.52. The number of benzene rings is 2. The van der Waals surface area contributed by atoms with Crippen LogP contribution >= 0.6 is 39.9 Å². The van der Waals surface area contributed by atoms with Crippen molar-refractivity contribution in [3.05, 3.63) is 69.2 Å².